The van der Waals surface area contributed by atoms with Crippen molar-refractivity contribution in [1.29, 1.82) is 0 Å². The first-order valence-corrected chi connectivity index (χ1v) is 5.50. The van der Waals surface area contributed by atoms with Crippen molar-refractivity contribution in [2.24, 2.45) is 0 Å². The smallest absolute Gasteiger partial charge is 0.251 e. The van der Waals surface area contributed by atoms with Crippen LogP contribution in [0.2, 0.25) is 5.02 Å². The summed E-state index contributed by atoms with van der Waals surface area (Å²) in [5, 5.41) is 3.33. The molecule has 1 aromatic rings. The van der Waals surface area contributed by atoms with Crippen molar-refractivity contribution in [3.8, 4) is 0 Å². The molecule has 82 valence electrons. The molecule has 0 bridgehead atoms. The number of hydrogen-bond acceptors (Lipinski definition) is 1. The quantitative estimate of drug-likeness (QED) is 0.816. The van der Waals surface area contributed by atoms with Crippen molar-refractivity contribution >= 4 is 29.1 Å². The van der Waals surface area contributed by atoms with Gasteiger partial charge in [0.15, 0.2) is 0 Å². The number of aryl methyl sites for hydroxylation is 1. The van der Waals surface area contributed by atoms with Crippen LogP contribution in [0.25, 0.3) is 0 Å². The second kappa shape index (κ2) is 5.38. The van der Waals surface area contributed by atoms with Crippen LogP contribution in [0.5, 0.6) is 0 Å². The molecular formula is C11H13Cl2NO. The fraction of sp³-hybridized carbons (Fsp3) is 0.364. The van der Waals surface area contributed by atoms with Gasteiger partial charge >= 0.3 is 0 Å². The molecule has 0 saturated heterocycles. The predicted molar refractivity (Wildman–Crippen MR) is 63.8 cm³/mol. The van der Waals surface area contributed by atoms with Gasteiger partial charge in [-0.1, -0.05) is 11.6 Å². The van der Waals surface area contributed by atoms with Crippen molar-refractivity contribution in [3.63, 3.8) is 0 Å². The third-order valence-electron chi connectivity index (χ3n) is 1.96. The molecular weight excluding hydrogens is 233 g/mol. The summed E-state index contributed by atoms with van der Waals surface area (Å²) >= 11 is 11.6. The van der Waals surface area contributed by atoms with Gasteiger partial charge < -0.3 is 5.32 Å². The van der Waals surface area contributed by atoms with Crippen LogP contribution in [-0.2, 0) is 0 Å². The van der Waals surface area contributed by atoms with Gasteiger partial charge in [0.05, 0.1) is 0 Å². The Morgan fingerprint density at radius 3 is 2.73 bits per heavy atom. The summed E-state index contributed by atoms with van der Waals surface area (Å²) in [5.74, 6) is -0.123. The van der Waals surface area contributed by atoms with E-state index < -0.39 is 0 Å². The number of rotatable bonds is 3. The van der Waals surface area contributed by atoms with Crippen LogP contribution in [0.15, 0.2) is 18.2 Å². The van der Waals surface area contributed by atoms with Crippen molar-refractivity contribution in [2.75, 3.05) is 6.54 Å². The van der Waals surface area contributed by atoms with Crippen molar-refractivity contribution in [1.82, 2.24) is 5.32 Å². The molecule has 0 spiro atoms. The second-order valence-electron chi connectivity index (χ2n) is 3.45. The Bertz CT molecular complexity index is 364. The van der Waals surface area contributed by atoms with E-state index in [4.69, 9.17) is 23.2 Å². The Labute approximate surface area is 99.6 Å². The summed E-state index contributed by atoms with van der Waals surface area (Å²) in [6.07, 6.45) is 0. The summed E-state index contributed by atoms with van der Waals surface area (Å²) in [6, 6.07) is 5.18. The van der Waals surface area contributed by atoms with Crippen LogP contribution in [0.4, 0.5) is 0 Å². The lowest BCUT2D eigenvalue weighted by molar-refractivity contribution is 0.0954. The zero-order valence-corrected chi connectivity index (χ0v) is 10.2. The lowest BCUT2D eigenvalue weighted by Gasteiger charge is -2.07. The highest BCUT2D eigenvalue weighted by atomic mass is 35.5. The van der Waals surface area contributed by atoms with Gasteiger partial charge in [-0.2, -0.15) is 0 Å². The summed E-state index contributed by atoms with van der Waals surface area (Å²) in [5.41, 5.74) is 1.50. The first-order chi connectivity index (χ1) is 7.00. The van der Waals surface area contributed by atoms with Crippen molar-refractivity contribution in [3.05, 3.63) is 34.3 Å². The average molecular weight is 246 g/mol. The topological polar surface area (TPSA) is 29.1 Å². The normalized spacial score (nSPS) is 12.3. The fourth-order valence-corrected chi connectivity index (χ4v) is 1.32. The maximum atomic E-state index is 11.6. The highest BCUT2D eigenvalue weighted by Gasteiger charge is 2.07. The molecule has 4 heteroatoms. The Kier molecular flexibility index (Phi) is 4.43. The Morgan fingerprint density at radius 2 is 2.20 bits per heavy atom. The molecule has 1 N–H and O–H groups in total. The van der Waals surface area contributed by atoms with E-state index in [0.29, 0.717) is 17.1 Å². The zero-order chi connectivity index (χ0) is 11.4. The Balaban J connectivity index is 2.70. The molecule has 1 atom stereocenters. The van der Waals surface area contributed by atoms with Gasteiger partial charge in [0, 0.05) is 22.5 Å². The largest absolute Gasteiger partial charge is 0.351 e. The molecule has 1 aromatic carbocycles. The lowest BCUT2D eigenvalue weighted by Crippen LogP contribution is -2.28. The minimum Gasteiger partial charge on any atom is -0.351 e. The summed E-state index contributed by atoms with van der Waals surface area (Å²) in [4.78, 5) is 11.6. The van der Waals surface area contributed by atoms with E-state index in [9.17, 15) is 4.79 Å². The number of carbonyl (C=O) groups is 1. The molecule has 1 rings (SSSR count). The second-order valence-corrected chi connectivity index (χ2v) is 4.61. The summed E-state index contributed by atoms with van der Waals surface area (Å²) in [7, 11) is 0. The molecule has 0 aliphatic rings. The third kappa shape index (κ3) is 3.73. The number of benzene rings is 1. The van der Waals surface area contributed by atoms with E-state index in [-0.39, 0.29) is 11.3 Å². The van der Waals surface area contributed by atoms with Gasteiger partial charge in [-0.15, -0.1) is 11.6 Å². The van der Waals surface area contributed by atoms with Crippen LogP contribution in [-0.4, -0.2) is 17.8 Å². The summed E-state index contributed by atoms with van der Waals surface area (Å²) in [6.45, 7) is 4.15. The van der Waals surface area contributed by atoms with E-state index >= 15 is 0 Å². The molecule has 0 aromatic heterocycles. The number of hydrogen-bond donors (Lipinski definition) is 1. The fourth-order valence-electron chi connectivity index (χ4n) is 1.12. The van der Waals surface area contributed by atoms with Gasteiger partial charge in [-0.25, -0.2) is 0 Å². The van der Waals surface area contributed by atoms with E-state index in [0.717, 1.165) is 5.56 Å². The highest BCUT2D eigenvalue weighted by molar-refractivity contribution is 6.31. The van der Waals surface area contributed by atoms with Crippen LogP contribution < -0.4 is 5.32 Å². The van der Waals surface area contributed by atoms with E-state index in [1.165, 1.54) is 0 Å². The third-order valence-corrected chi connectivity index (χ3v) is 2.54. The maximum Gasteiger partial charge on any atom is 0.251 e. The van der Waals surface area contributed by atoms with Crippen LogP contribution in [0.3, 0.4) is 0 Å². The number of halogens is 2. The molecule has 0 aliphatic heterocycles. The minimum absolute atomic E-state index is 0.0673. The van der Waals surface area contributed by atoms with E-state index in [1.54, 1.807) is 18.2 Å². The summed E-state index contributed by atoms with van der Waals surface area (Å²) < 4.78 is 0. The molecule has 2 nitrogen and oxygen atoms in total. The first-order valence-electron chi connectivity index (χ1n) is 4.69. The van der Waals surface area contributed by atoms with E-state index in [2.05, 4.69) is 5.32 Å². The van der Waals surface area contributed by atoms with Gasteiger partial charge in [0.2, 0.25) is 0 Å². The van der Waals surface area contributed by atoms with E-state index in [1.807, 2.05) is 13.8 Å². The van der Waals surface area contributed by atoms with Crippen molar-refractivity contribution < 1.29 is 4.79 Å². The zero-order valence-electron chi connectivity index (χ0n) is 8.68. The van der Waals surface area contributed by atoms with Gasteiger partial charge in [-0.3, -0.25) is 4.79 Å². The SMILES string of the molecule is Cc1cc(C(=O)NCC(C)Cl)ccc1Cl. The van der Waals surface area contributed by atoms with Crippen LogP contribution in [0.1, 0.15) is 22.8 Å². The van der Waals surface area contributed by atoms with Gasteiger partial charge in [-0.05, 0) is 37.6 Å². The van der Waals surface area contributed by atoms with Crippen molar-refractivity contribution in [2.45, 2.75) is 19.2 Å². The Morgan fingerprint density at radius 1 is 1.53 bits per heavy atom. The standard InChI is InChI=1S/C11H13Cl2NO/c1-7-5-9(3-4-10(7)13)11(15)14-6-8(2)12/h3-5,8H,6H2,1-2H3,(H,14,15). The molecule has 0 radical (unpaired) electrons. The number of amides is 1. The molecule has 15 heavy (non-hydrogen) atoms. The van der Waals surface area contributed by atoms with Gasteiger partial charge in [0.25, 0.3) is 5.91 Å². The molecule has 0 fully saturated rings. The number of alkyl halides is 1. The van der Waals surface area contributed by atoms with Crippen LogP contribution >= 0.6 is 23.2 Å². The molecule has 0 aliphatic carbocycles. The maximum absolute atomic E-state index is 11.6. The van der Waals surface area contributed by atoms with Crippen LogP contribution in [0, 0.1) is 6.92 Å². The molecule has 0 saturated carbocycles. The monoisotopic (exact) mass is 245 g/mol. The molecule has 1 unspecified atom stereocenters. The predicted octanol–water partition coefficient (Wildman–Crippen LogP) is 3.01. The molecule has 1 amide bonds. The first kappa shape index (κ1) is 12.3. The molecule has 0 heterocycles. The average Bonchev–Trinajstić information content (AvgIpc) is 2.18. The highest BCUT2D eigenvalue weighted by Crippen LogP contribution is 2.16. The number of carbonyl (C=O) groups excluding carboxylic acids is 1. The van der Waals surface area contributed by atoms with Gasteiger partial charge in [0.1, 0.15) is 0 Å². The lowest BCUT2D eigenvalue weighted by atomic mass is 10.1. The number of nitrogens with one attached hydrogen (secondary N) is 1. The Hall–Kier alpha value is -0.730. The minimum atomic E-state index is -0.123.